The number of nitrogens with zero attached hydrogens (tertiary/aromatic N) is 5. The van der Waals surface area contributed by atoms with Crippen molar-refractivity contribution < 1.29 is 13.2 Å². The Kier molecular flexibility index (Phi) is 7.98. The highest BCUT2D eigenvalue weighted by atomic mass is 127. The van der Waals surface area contributed by atoms with E-state index in [1.165, 1.54) is 0 Å². The van der Waals surface area contributed by atoms with E-state index in [4.69, 9.17) is 0 Å². The monoisotopic (exact) mass is 525 g/mol. The second kappa shape index (κ2) is 10.0. The van der Waals surface area contributed by atoms with Crippen LogP contribution in [0.3, 0.4) is 0 Å². The smallest absolute Gasteiger partial charge is 0.356 e. The third kappa shape index (κ3) is 5.77. The van der Waals surface area contributed by atoms with Crippen molar-refractivity contribution in [2.45, 2.75) is 25.6 Å². The zero-order valence-corrected chi connectivity index (χ0v) is 18.0. The quantitative estimate of drug-likeness (QED) is 0.224. The van der Waals surface area contributed by atoms with E-state index in [1.807, 2.05) is 28.8 Å². The molecule has 0 aromatic carbocycles. The van der Waals surface area contributed by atoms with Crippen molar-refractivity contribution in [3.05, 3.63) is 46.3 Å². The number of aryl methyl sites for hydroxylation is 1. The Labute approximate surface area is 180 Å². The molecule has 0 aliphatic heterocycles. The molecule has 0 unspecified atom stereocenters. The molecule has 3 aromatic rings. The van der Waals surface area contributed by atoms with Crippen LogP contribution in [0.1, 0.15) is 22.9 Å². The number of guanidine groups is 1. The van der Waals surface area contributed by atoms with Gasteiger partial charge in [-0.3, -0.25) is 9.39 Å². The van der Waals surface area contributed by atoms with Crippen LogP contribution in [0.5, 0.6) is 0 Å². The van der Waals surface area contributed by atoms with Crippen molar-refractivity contribution in [1.29, 1.82) is 0 Å². The Morgan fingerprint density at radius 1 is 1.25 bits per heavy atom. The number of alkyl halides is 3. The first-order valence-electron chi connectivity index (χ1n) is 8.22. The largest absolute Gasteiger partial charge is 0.434 e. The van der Waals surface area contributed by atoms with E-state index in [0.29, 0.717) is 17.5 Å². The third-order valence-electron chi connectivity index (χ3n) is 3.73. The molecule has 0 saturated heterocycles. The Hall–Kier alpha value is -1.96. The van der Waals surface area contributed by atoms with Gasteiger partial charge in [0, 0.05) is 31.6 Å². The molecular formula is C16H19F3IN7S. The van der Waals surface area contributed by atoms with Gasteiger partial charge in [0.05, 0.1) is 6.54 Å². The number of thiazole rings is 1. The molecule has 0 radical (unpaired) electrons. The number of hydrogen-bond donors (Lipinski definition) is 2. The molecule has 3 heterocycles. The predicted octanol–water partition coefficient (Wildman–Crippen LogP) is 3.12. The number of nitrogens with one attached hydrogen (secondary N) is 2. The highest BCUT2D eigenvalue weighted by molar-refractivity contribution is 14.0. The summed E-state index contributed by atoms with van der Waals surface area (Å²) in [6.07, 6.45) is -0.967. The Morgan fingerprint density at radius 2 is 2.07 bits per heavy atom. The van der Waals surface area contributed by atoms with E-state index in [9.17, 15) is 13.2 Å². The van der Waals surface area contributed by atoms with Gasteiger partial charge in [0.15, 0.2) is 17.3 Å². The Balaban J connectivity index is 0.00000280. The first-order valence-corrected chi connectivity index (χ1v) is 9.10. The van der Waals surface area contributed by atoms with Gasteiger partial charge in [0.2, 0.25) is 0 Å². The second-order valence-electron chi connectivity index (χ2n) is 5.63. The average Bonchev–Trinajstić information content (AvgIpc) is 3.28. The SMILES string of the molecule is CN=C(NCCCc1nnc2ccccn12)NCc1nc(C(F)(F)F)cs1.I. The molecule has 0 fully saturated rings. The highest BCUT2D eigenvalue weighted by Gasteiger charge is 2.33. The van der Waals surface area contributed by atoms with Crippen LogP contribution in [-0.2, 0) is 19.1 Å². The number of aromatic nitrogens is 4. The maximum absolute atomic E-state index is 12.6. The summed E-state index contributed by atoms with van der Waals surface area (Å²) in [5.41, 5.74) is -0.0626. The second-order valence-corrected chi connectivity index (χ2v) is 6.57. The zero-order chi connectivity index (χ0) is 19.3. The van der Waals surface area contributed by atoms with Crippen molar-refractivity contribution in [2.24, 2.45) is 4.99 Å². The summed E-state index contributed by atoms with van der Waals surface area (Å²) in [4.78, 5) is 7.64. The van der Waals surface area contributed by atoms with Gasteiger partial charge < -0.3 is 10.6 Å². The van der Waals surface area contributed by atoms with E-state index in [-0.39, 0.29) is 30.5 Å². The van der Waals surface area contributed by atoms with Crippen LogP contribution in [0.4, 0.5) is 13.2 Å². The number of hydrogen-bond acceptors (Lipinski definition) is 5. The first kappa shape index (κ1) is 22.3. The van der Waals surface area contributed by atoms with Crippen LogP contribution in [0.2, 0.25) is 0 Å². The lowest BCUT2D eigenvalue weighted by atomic mass is 10.3. The maximum Gasteiger partial charge on any atom is 0.434 e. The van der Waals surface area contributed by atoms with Gasteiger partial charge in [0.25, 0.3) is 0 Å². The van der Waals surface area contributed by atoms with Crippen LogP contribution in [0.15, 0.2) is 34.8 Å². The Morgan fingerprint density at radius 3 is 2.79 bits per heavy atom. The molecule has 152 valence electrons. The fraction of sp³-hybridized carbons (Fsp3) is 0.375. The molecule has 0 aliphatic carbocycles. The van der Waals surface area contributed by atoms with Gasteiger partial charge in [-0.15, -0.1) is 45.5 Å². The minimum atomic E-state index is -4.42. The van der Waals surface area contributed by atoms with E-state index in [1.54, 1.807) is 7.05 Å². The molecule has 0 saturated carbocycles. The first-order chi connectivity index (χ1) is 13.0. The van der Waals surface area contributed by atoms with Crippen molar-refractivity contribution in [2.75, 3.05) is 13.6 Å². The summed E-state index contributed by atoms with van der Waals surface area (Å²) in [7, 11) is 1.60. The summed E-state index contributed by atoms with van der Waals surface area (Å²) < 4.78 is 39.6. The number of halogens is 4. The van der Waals surface area contributed by atoms with Crippen LogP contribution < -0.4 is 10.6 Å². The molecule has 0 aliphatic rings. The summed E-state index contributed by atoms with van der Waals surface area (Å²) in [6.45, 7) is 0.808. The molecule has 12 heteroatoms. The van der Waals surface area contributed by atoms with Crippen molar-refractivity contribution in [1.82, 2.24) is 30.2 Å². The lowest BCUT2D eigenvalue weighted by Crippen LogP contribution is -2.37. The summed E-state index contributed by atoms with van der Waals surface area (Å²) in [5.74, 6) is 1.38. The van der Waals surface area contributed by atoms with Gasteiger partial charge in [-0.2, -0.15) is 13.2 Å². The predicted molar refractivity (Wildman–Crippen MR) is 112 cm³/mol. The molecule has 3 aromatic heterocycles. The molecule has 0 bridgehead atoms. The van der Waals surface area contributed by atoms with E-state index < -0.39 is 11.9 Å². The standard InChI is InChI=1S/C16H18F3N7S.HI/c1-20-15(22-9-14-23-11(10-27-14)16(17,18)19)21-7-4-6-13-25-24-12-5-2-3-8-26(12)13;/h2-3,5,8,10H,4,6-7,9H2,1H3,(H2,20,21,22);1H. The molecule has 28 heavy (non-hydrogen) atoms. The van der Waals surface area contributed by atoms with E-state index in [2.05, 4.69) is 30.8 Å². The zero-order valence-electron chi connectivity index (χ0n) is 14.9. The lowest BCUT2D eigenvalue weighted by molar-refractivity contribution is -0.140. The number of rotatable bonds is 6. The fourth-order valence-corrected chi connectivity index (χ4v) is 3.16. The fourth-order valence-electron chi connectivity index (χ4n) is 2.42. The van der Waals surface area contributed by atoms with Gasteiger partial charge in [-0.25, -0.2) is 4.98 Å². The third-order valence-corrected chi connectivity index (χ3v) is 4.58. The minimum absolute atomic E-state index is 0. The summed E-state index contributed by atoms with van der Waals surface area (Å²) >= 11 is 0.962. The van der Waals surface area contributed by atoms with E-state index >= 15 is 0 Å². The maximum atomic E-state index is 12.6. The van der Waals surface area contributed by atoms with Crippen LogP contribution in [0.25, 0.3) is 5.65 Å². The van der Waals surface area contributed by atoms with E-state index in [0.717, 1.165) is 41.0 Å². The van der Waals surface area contributed by atoms with Crippen LogP contribution >= 0.6 is 35.3 Å². The Bertz CT molecular complexity index is 922. The minimum Gasteiger partial charge on any atom is -0.356 e. The molecule has 7 nitrogen and oxygen atoms in total. The number of aliphatic imine (C=N–C) groups is 1. The topological polar surface area (TPSA) is 79.5 Å². The number of pyridine rings is 1. The van der Waals surface area contributed by atoms with Crippen LogP contribution in [-0.4, -0.2) is 39.1 Å². The van der Waals surface area contributed by atoms with Crippen molar-refractivity contribution >= 4 is 46.9 Å². The molecule has 0 atom stereocenters. The molecule has 0 amide bonds. The van der Waals surface area contributed by atoms with Gasteiger partial charge >= 0.3 is 6.18 Å². The summed E-state index contributed by atoms with van der Waals surface area (Å²) in [5, 5.41) is 15.7. The molecule has 2 N–H and O–H groups in total. The van der Waals surface area contributed by atoms with Crippen LogP contribution in [0, 0.1) is 0 Å². The molecule has 3 rings (SSSR count). The number of fused-ring (bicyclic) bond motifs is 1. The molecular weight excluding hydrogens is 506 g/mol. The molecule has 0 spiro atoms. The van der Waals surface area contributed by atoms with Gasteiger partial charge in [-0.05, 0) is 18.6 Å². The normalized spacial score (nSPS) is 12.1. The van der Waals surface area contributed by atoms with Gasteiger partial charge in [0.1, 0.15) is 10.8 Å². The lowest BCUT2D eigenvalue weighted by Gasteiger charge is -2.10. The van der Waals surface area contributed by atoms with Crippen molar-refractivity contribution in [3.8, 4) is 0 Å². The average molecular weight is 525 g/mol. The summed E-state index contributed by atoms with van der Waals surface area (Å²) in [6, 6.07) is 5.72. The highest BCUT2D eigenvalue weighted by Crippen LogP contribution is 2.29. The van der Waals surface area contributed by atoms with Crippen molar-refractivity contribution in [3.63, 3.8) is 0 Å². The van der Waals surface area contributed by atoms with Gasteiger partial charge in [-0.1, -0.05) is 6.07 Å².